The SMILES string of the molecule is CC(ONC(=O)c1ccc(NC(=O)OCC2c3ccccc3-c3ccccc32)c(F)c1)C(=O)O. The molecule has 0 fully saturated rings. The maximum atomic E-state index is 14.4. The highest BCUT2D eigenvalue weighted by atomic mass is 19.1. The molecule has 2 amide bonds. The van der Waals surface area contributed by atoms with Crippen molar-refractivity contribution in [3.05, 3.63) is 89.2 Å². The van der Waals surface area contributed by atoms with Crippen molar-refractivity contribution in [3.8, 4) is 11.1 Å². The fourth-order valence-electron chi connectivity index (χ4n) is 3.75. The van der Waals surface area contributed by atoms with Gasteiger partial charge in [-0.05, 0) is 47.4 Å². The number of hydroxylamine groups is 1. The number of aliphatic carboxylic acids is 1. The van der Waals surface area contributed by atoms with E-state index in [4.69, 9.17) is 9.84 Å². The van der Waals surface area contributed by atoms with E-state index in [1.165, 1.54) is 19.1 Å². The smallest absolute Gasteiger partial charge is 0.411 e. The van der Waals surface area contributed by atoms with Crippen LogP contribution < -0.4 is 10.8 Å². The average molecular weight is 464 g/mol. The van der Waals surface area contributed by atoms with Crippen molar-refractivity contribution in [2.24, 2.45) is 0 Å². The summed E-state index contributed by atoms with van der Waals surface area (Å²) in [7, 11) is 0. The van der Waals surface area contributed by atoms with Gasteiger partial charge in [-0.25, -0.2) is 19.5 Å². The van der Waals surface area contributed by atoms with Gasteiger partial charge < -0.3 is 9.84 Å². The molecule has 0 heterocycles. The molecule has 0 spiro atoms. The van der Waals surface area contributed by atoms with E-state index in [1.807, 2.05) is 54.0 Å². The fourth-order valence-corrected chi connectivity index (χ4v) is 3.75. The number of amides is 2. The highest BCUT2D eigenvalue weighted by Crippen LogP contribution is 2.44. The number of anilines is 1. The number of ether oxygens (including phenoxy) is 1. The van der Waals surface area contributed by atoms with E-state index < -0.39 is 29.9 Å². The van der Waals surface area contributed by atoms with Crippen LogP contribution in [-0.2, 0) is 14.4 Å². The van der Waals surface area contributed by atoms with Crippen LogP contribution in [0.25, 0.3) is 11.1 Å². The Bertz CT molecular complexity index is 1220. The summed E-state index contributed by atoms with van der Waals surface area (Å²) in [4.78, 5) is 39.7. The number of carbonyl (C=O) groups is 3. The van der Waals surface area contributed by atoms with Crippen molar-refractivity contribution < 1.29 is 33.5 Å². The van der Waals surface area contributed by atoms with Gasteiger partial charge in [-0.1, -0.05) is 48.5 Å². The molecule has 0 aliphatic heterocycles. The summed E-state index contributed by atoms with van der Waals surface area (Å²) in [5.74, 6) is -3.11. The number of nitrogens with one attached hydrogen (secondary N) is 2. The highest BCUT2D eigenvalue weighted by Gasteiger charge is 2.29. The Morgan fingerprint density at radius 1 is 1.00 bits per heavy atom. The van der Waals surface area contributed by atoms with E-state index in [2.05, 4.69) is 10.2 Å². The average Bonchev–Trinajstić information content (AvgIpc) is 3.16. The topological polar surface area (TPSA) is 114 Å². The Morgan fingerprint density at radius 2 is 1.62 bits per heavy atom. The van der Waals surface area contributed by atoms with Crippen LogP contribution in [0.4, 0.5) is 14.9 Å². The third kappa shape index (κ3) is 4.74. The molecule has 0 radical (unpaired) electrons. The molecule has 1 atom stereocenters. The monoisotopic (exact) mass is 464 g/mol. The molecule has 3 aromatic rings. The van der Waals surface area contributed by atoms with E-state index in [1.54, 1.807) is 0 Å². The number of halogens is 1. The first kappa shape index (κ1) is 22.9. The van der Waals surface area contributed by atoms with E-state index in [9.17, 15) is 18.8 Å². The summed E-state index contributed by atoms with van der Waals surface area (Å²) in [5.41, 5.74) is 5.94. The van der Waals surface area contributed by atoms with Crippen LogP contribution in [-0.4, -0.2) is 35.8 Å². The van der Waals surface area contributed by atoms with Crippen LogP contribution in [0.1, 0.15) is 34.3 Å². The second kappa shape index (κ2) is 9.72. The van der Waals surface area contributed by atoms with Crippen molar-refractivity contribution in [2.45, 2.75) is 18.9 Å². The van der Waals surface area contributed by atoms with Gasteiger partial charge in [0.2, 0.25) is 0 Å². The van der Waals surface area contributed by atoms with E-state index in [0.29, 0.717) is 0 Å². The normalized spacial score (nSPS) is 12.9. The standard InChI is InChI=1S/C25H21FN2O6/c1-14(24(30)31)34-28-23(29)15-10-11-22(21(26)12-15)27-25(32)33-13-20-18-8-4-2-6-16(18)17-7-3-5-9-19(17)20/h2-12,14,20H,13H2,1H3,(H,27,32)(H,28,29)(H,30,31). The molecule has 0 saturated carbocycles. The predicted molar refractivity (Wildman–Crippen MR) is 121 cm³/mol. The molecule has 0 aromatic heterocycles. The molecule has 3 aromatic carbocycles. The van der Waals surface area contributed by atoms with Gasteiger partial charge in [-0.2, -0.15) is 0 Å². The zero-order valence-electron chi connectivity index (χ0n) is 18.1. The summed E-state index contributed by atoms with van der Waals surface area (Å²) in [6.45, 7) is 1.30. The van der Waals surface area contributed by atoms with Gasteiger partial charge in [0.1, 0.15) is 12.4 Å². The largest absolute Gasteiger partial charge is 0.479 e. The minimum Gasteiger partial charge on any atom is -0.479 e. The summed E-state index contributed by atoms with van der Waals surface area (Å²) in [5, 5.41) is 11.1. The Kier molecular flexibility index (Phi) is 6.55. The Morgan fingerprint density at radius 3 is 2.21 bits per heavy atom. The first-order chi connectivity index (χ1) is 16.3. The van der Waals surface area contributed by atoms with Crippen molar-refractivity contribution in [2.75, 3.05) is 11.9 Å². The predicted octanol–water partition coefficient (Wildman–Crippen LogP) is 4.32. The third-order valence-corrected chi connectivity index (χ3v) is 5.49. The number of fused-ring (bicyclic) bond motifs is 3. The first-order valence-electron chi connectivity index (χ1n) is 10.5. The summed E-state index contributed by atoms with van der Waals surface area (Å²) in [6.07, 6.45) is -2.11. The van der Waals surface area contributed by atoms with Gasteiger partial charge in [0.05, 0.1) is 5.69 Å². The van der Waals surface area contributed by atoms with Crippen LogP contribution in [0.3, 0.4) is 0 Å². The van der Waals surface area contributed by atoms with Crippen molar-refractivity contribution in [1.82, 2.24) is 5.48 Å². The second-order valence-corrected chi connectivity index (χ2v) is 7.67. The van der Waals surface area contributed by atoms with Crippen LogP contribution in [0.2, 0.25) is 0 Å². The van der Waals surface area contributed by atoms with Crippen molar-refractivity contribution in [1.29, 1.82) is 0 Å². The Labute approximate surface area is 194 Å². The third-order valence-electron chi connectivity index (χ3n) is 5.49. The number of benzene rings is 3. The number of hydrogen-bond donors (Lipinski definition) is 3. The molecule has 4 rings (SSSR count). The van der Waals surface area contributed by atoms with E-state index >= 15 is 0 Å². The second-order valence-electron chi connectivity index (χ2n) is 7.67. The molecule has 8 nitrogen and oxygen atoms in total. The summed E-state index contributed by atoms with van der Waals surface area (Å²) < 4.78 is 19.8. The summed E-state index contributed by atoms with van der Waals surface area (Å²) >= 11 is 0. The fraction of sp³-hybridized carbons (Fsp3) is 0.160. The maximum absolute atomic E-state index is 14.4. The Balaban J connectivity index is 1.37. The molecule has 9 heteroatoms. The van der Waals surface area contributed by atoms with Gasteiger partial charge in [0.15, 0.2) is 6.10 Å². The van der Waals surface area contributed by atoms with Crippen LogP contribution in [0, 0.1) is 5.82 Å². The number of carboxylic acid groups (broad SMARTS) is 1. The van der Waals surface area contributed by atoms with Crippen LogP contribution >= 0.6 is 0 Å². The highest BCUT2D eigenvalue weighted by molar-refractivity contribution is 5.94. The first-order valence-corrected chi connectivity index (χ1v) is 10.5. The number of hydrogen-bond acceptors (Lipinski definition) is 5. The zero-order chi connectivity index (χ0) is 24.2. The molecule has 3 N–H and O–H groups in total. The van der Waals surface area contributed by atoms with Gasteiger partial charge in [0, 0.05) is 11.5 Å². The van der Waals surface area contributed by atoms with Crippen LogP contribution in [0.5, 0.6) is 0 Å². The maximum Gasteiger partial charge on any atom is 0.411 e. The molecule has 1 aliphatic rings. The molecule has 0 saturated heterocycles. The lowest BCUT2D eigenvalue weighted by Gasteiger charge is -2.15. The van der Waals surface area contributed by atoms with Gasteiger partial charge in [0.25, 0.3) is 5.91 Å². The van der Waals surface area contributed by atoms with Crippen LogP contribution in [0.15, 0.2) is 66.7 Å². The van der Waals surface area contributed by atoms with Crippen molar-refractivity contribution in [3.63, 3.8) is 0 Å². The molecule has 1 unspecified atom stereocenters. The molecular weight excluding hydrogens is 443 g/mol. The number of carbonyl (C=O) groups excluding carboxylic acids is 2. The zero-order valence-corrected chi connectivity index (χ0v) is 18.1. The van der Waals surface area contributed by atoms with Gasteiger partial charge in [-0.15, -0.1) is 0 Å². The van der Waals surface area contributed by atoms with Gasteiger partial charge >= 0.3 is 12.1 Å². The molecule has 0 bridgehead atoms. The summed E-state index contributed by atoms with van der Waals surface area (Å²) in [6, 6.07) is 19.1. The lowest BCUT2D eigenvalue weighted by molar-refractivity contribution is -0.152. The molecule has 34 heavy (non-hydrogen) atoms. The van der Waals surface area contributed by atoms with E-state index in [-0.39, 0.29) is 23.8 Å². The lowest BCUT2D eigenvalue weighted by atomic mass is 9.98. The molecular formula is C25H21FN2O6. The van der Waals surface area contributed by atoms with Crippen molar-refractivity contribution >= 4 is 23.7 Å². The minimum absolute atomic E-state index is 0.0705. The number of rotatable bonds is 7. The minimum atomic E-state index is -1.27. The quantitative estimate of drug-likeness (QED) is 0.449. The van der Waals surface area contributed by atoms with Gasteiger partial charge in [-0.3, -0.25) is 14.9 Å². The Hall–Kier alpha value is -4.24. The molecule has 1 aliphatic carbocycles. The lowest BCUT2D eigenvalue weighted by Crippen LogP contribution is -2.32. The van der Waals surface area contributed by atoms with E-state index in [0.717, 1.165) is 28.3 Å². The number of carboxylic acids is 1. The molecule has 174 valence electrons.